The van der Waals surface area contributed by atoms with Gasteiger partial charge in [0.05, 0.1) is 0 Å². The Morgan fingerprint density at radius 2 is 1.21 bits per heavy atom. The van der Waals surface area contributed by atoms with Gasteiger partial charge >= 0.3 is 0 Å². The lowest BCUT2D eigenvalue weighted by Crippen LogP contribution is -1.88. The van der Waals surface area contributed by atoms with E-state index in [4.69, 9.17) is 0 Å². The van der Waals surface area contributed by atoms with E-state index >= 15 is 0 Å². The normalized spacial score (nSPS) is 10.8. The van der Waals surface area contributed by atoms with E-state index in [1.807, 2.05) is 37.4 Å². The van der Waals surface area contributed by atoms with Gasteiger partial charge in [-0.3, -0.25) is 9.79 Å². The Morgan fingerprint density at radius 3 is 1.54 bits per heavy atom. The van der Waals surface area contributed by atoms with Crippen molar-refractivity contribution in [1.29, 1.82) is 0 Å². The molecule has 0 N–H and O–H groups in total. The molecule has 0 heterocycles. The van der Waals surface area contributed by atoms with Crippen LogP contribution in [0, 0.1) is 0 Å². The average Bonchev–Trinajstić information content (AvgIpc) is 2.61. The first kappa shape index (κ1) is 19.8. The van der Waals surface area contributed by atoms with Crippen LogP contribution in [0.5, 0.6) is 0 Å². The van der Waals surface area contributed by atoms with Gasteiger partial charge < -0.3 is 0 Å². The van der Waals surface area contributed by atoms with Crippen LogP contribution in [-0.2, 0) is 0 Å². The van der Waals surface area contributed by atoms with Gasteiger partial charge in [0.2, 0.25) is 0 Å². The molecule has 0 unspecified atom stereocenters. The summed E-state index contributed by atoms with van der Waals surface area (Å²) in [5.74, 6) is 1.15. The highest BCUT2D eigenvalue weighted by Gasteiger charge is 1.97. The second-order valence-corrected chi connectivity index (χ2v) is 6.39. The van der Waals surface area contributed by atoms with Gasteiger partial charge in [0.15, 0.2) is 0 Å². The maximum absolute atomic E-state index is 10.3. The summed E-state index contributed by atoms with van der Waals surface area (Å²) in [5, 5.41) is 0. The van der Waals surface area contributed by atoms with Crippen molar-refractivity contribution < 1.29 is 4.79 Å². The number of hydrogen-bond acceptors (Lipinski definition) is 2. The Balaban J connectivity index is 0.000000243. The molecule has 0 aliphatic rings. The molecule has 2 nitrogen and oxygen atoms in total. The van der Waals surface area contributed by atoms with Crippen molar-refractivity contribution in [2.75, 3.05) is 6.54 Å². The number of nitrogens with zero attached hydrogens (tertiary/aromatic N) is 1. The van der Waals surface area contributed by atoms with Crippen LogP contribution in [0.15, 0.2) is 53.5 Å². The van der Waals surface area contributed by atoms with E-state index in [-0.39, 0.29) is 0 Å². The van der Waals surface area contributed by atoms with Crippen molar-refractivity contribution in [2.45, 2.75) is 46.5 Å². The minimum absolute atomic E-state index is 0.538. The Morgan fingerprint density at radius 1 is 0.792 bits per heavy atom. The SMILES string of the molecule is CC(C)c1ccc(C=O)cc1.CCN=Cc1ccc(C(C)C)cc1. The van der Waals surface area contributed by atoms with E-state index in [0.29, 0.717) is 11.8 Å². The lowest BCUT2D eigenvalue weighted by atomic mass is 10.0. The molecule has 2 rings (SSSR count). The summed E-state index contributed by atoms with van der Waals surface area (Å²) in [7, 11) is 0. The first-order chi connectivity index (χ1) is 11.5. The summed E-state index contributed by atoms with van der Waals surface area (Å²) >= 11 is 0. The Kier molecular flexibility index (Phi) is 8.70. The fourth-order valence-corrected chi connectivity index (χ4v) is 2.12. The second kappa shape index (κ2) is 10.5. The zero-order valence-electron chi connectivity index (χ0n) is 15.5. The number of rotatable bonds is 5. The minimum atomic E-state index is 0.538. The van der Waals surface area contributed by atoms with Gasteiger partial charge in [-0.05, 0) is 35.4 Å². The van der Waals surface area contributed by atoms with Gasteiger partial charge in [-0.2, -0.15) is 0 Å². The predicted molar refractivity (Wildman–Crippen MR) is 105 cm³/mol. The molecule has 128 valence electrons. The molecule has 2 aromatic carbocycles. The summed E-state index contributed by atoms with van der Waals surface area (Å²) in [4.78, 5) is 14.5. The molecule has 0 bridgehead atoms. The number of carbonyl (C=O) groups is 1. The first-order valence-electron chi connectivity index (χ1n) is 8.62. The second-order valence-electron chi connectivity index (χ2n) is 6.39. The van der Waals surface area contributed by atoms with Crippen molar-refractivity contribution in [1.82, 2.24) is 0 Å². The van der Waals surface area contributed by atoms with E-state index in [9.17, 15) is 4.79 Å². The molecule has 0 atom stereocenters. The molecular formula is C22H29NO. The summed E-state index contributed by atoms with van der Waals surface area (Å²) in [6.07, 6.45) is 2.79. The molecule has 0 aliphatic heterocycles. The summed E-state index contributed by atoms with van der Waals surface area (Å²) in [5.41, 5.74) is 4.59. The van der Waals surface area contributed by atoms with Crippen LogP contribution >= 0.6 is 0 Å². The molecular weight excluding hydrogens is 294 g/mol. The maximum atomic E-state index is 10.3. The average molecular weight is 323 g/mol. The van der Waals surface area contributed by atoms with E-state index in [1.165, 1.54) is 16.7 Å². The largest absolute Gasteiger partial charge is 0.298 e. The number of carbonyl (C=O) groups excluding carboxylic acids is 1. The third-order valence-electron chi connectivity index (χ3n) is 3.77. The van der Waals surface area contributed by atoms with Gasteiger partial charge in [-0.25, -0.2) is 0 Å². The fraction of sp³-hybridized carbons (Fsp3) is 0.364. The third-order valence-corrected chi connectivity index (χ3v) is 3.77. The highest BCUT2D eigenvalue weighted by molar-refractivity contribution is 5.79. The van der Waals surface area contributed by atoms with Crippen LogP contribution in [0.4, 0.5) is 0 Å². The van der Waals surface area contributed by atoms with Crippen molar-refractivity contribution >= 4 is 12.5 Å². The predicted octanol–water partition coefficient (Wildman–Crippen LogP) is 5.87. The molecule has 0 aliphatic carbocycles. The quantitative estimate of drug-likeness (QED) is 0.499. The summed E-state index contributed by atoms with van der Waals surface area (Å²) in [6.45, 7) is 11.6. The van der Waals surface area contributed by atoms with E-state index in [0.717, 1.165) is 18.4 Å². The topological polar surface area (TPSA) is 29.4 Å². The molecule has 0 amide bonds. The van der Waals surface area contributed by atoms with Gasteiger partial charge in [0, 0.05) is 18.3 Å². The van der Waals surface area contributed by atoms with Crippen LogP contribution in [0.3, 0.4) is 0 Å². The smallest absolute Gasteiger partial charge is 0.150 e. The highest BCUT2D eigenvalue weighted by Crippen LogP contribution is 2.14. The number of benzene rings is 2. The number of aldehydes is 1. The monoisotopic (exact) mass is 323 g/mol. The Bertz CT molecular complexity index is 622. The molecule has 2 heteroatoms. The minimum Gasteiger partial charge on any atom is -0.298 e. The molecule has 24 heavy (non-hydrogen) atoms. The van der Waals surface area contributed by atoms with Gasteiger partial charge in [0.25, 0.3) is 0 Å². The lowest BCUT2D eigenvalue weighted by molar-refractivity contribution is 0.112. The van der Waals surface area contributed by atoms with Crippen molar-refractivity contribution in [2.24, 2.45) is 4.99 Å². The van der Waals surface area contributed by atoms with E-state index in [1.54, 1.807) is 0 Å². The Hall–Kier alpha value is -2.22. The zero-order chi connectivity index (χ0) is 17.9. The number of aliphatic imine (C=N–C) groups is 1. The van der Waals surface area contributed by atoms with Gasteiger partial charge in [-0.15, -0.1) is 0 Å². The van der Waals surface area contributed by atoms with E-state index in [2.05, 4.69) is 57.0 Å². The molecule has 0 spiro atoms. The van der Waals surface area contributed by atoms with Crippen LogP contribution in [0.25, 0.3) is 0 Å². The highest BCUT2D eigenvalue weighted by atomic mass is 16.1. The molecule has 0 saturated carbocycles. The third kappa shape index (κ3) is 6.91. The molecule has 0 aromatic heterocycles. The van der Waals surface area contributed by atoms with Gasteiger partial charge in [-0.1, -0.05) is 76.2 Å². The van der Waals surface area contributed by atoms with Crippen LogP contribution in [0.1, 0.15) is 73.5 Å². The van der Waals surface area contributed by atoms with E-state index < -0.39 is 0 Å². The molecule has 0 radical (unpaired) electrons. The van der Waals surface area contributed by atoms with Crippen LogP contribution in [0.2, 0.25) is 0 Å². The molecule has 2 aromatic rings. The molecule has 0 saturated heterocycles. The van der Waals surface area contributed by atoms with Crippen molar-refractivity contribution in [3.05, 3.63) is 70.8 Å². The van der Waals surface area contributed by atoms with Crippen LogP contribution < -0.4 is 0 Å². The first-order valence-corrected chi connectivity index (χ1v) is 8.62. The van der Waals surface area contributed by atoms with Crippen molar-refractivity contribution in [3.8, 4) is 0 Å². The van der Waals surface area contributed by atoms with Crippen LogP contribution in [-0.4, -0.2) is 19.0 Å². The standard InChI is InChI=1S/C12H17N.C10H12O/c1-4-13-9-11-5-7-12(8-6-11)10(2)3;1-8(2)10-5-3-9(7-11)4-6-10/h5-10H,4H2,1-3H3;3-8H,1-2H3. The molecule has 0 fully saturated rings. The number of hydrogen-bond donors (Lipinski definition) is 0. The summed E-state index contributed by atoms with van der Waals surface area (Å²) < 4.78 is 0. The maximum Gasteiger partial charge on any atom is 0.150 e. The van der Waals surface area contributed by atoms with Gasteiger partial charge in [0.1, 0.15) is 6.29 Å². The summed E-state index contributed by atoms with van der Waals surface area (Å²) in [6, 6.07) is 16.3. The lowest BCUT2D eigenvalue weighted by Gasteiger charge is -2.04. The zero-order valence-corrected chi connectivity index (χ0v) is 15.5. The Labute approximate surface area is 146 Å². The van der Waals surface area contributed by atoms with Crippen molar-refractivity contribution in [3.63, 3.8) is 0 Å². The fourth-order valence-electron chi connectivity index (χ4n) is 2.12.